The molecule has 1 aliphatic heterocycles. The third-order valence-corrected chi connectivity index (χ3v) is 4.98. The average molecular weight is 364 g/mol. The molecule has 2 aromatic heterocycles. The van der Waals surface area contributed by atoms with Gasteiger partial charge in [-0.3, -0.25) is 9.48 Å². The Morgan fingerprint density at radius 2 is 1.81 bits per heavy atom. The number of rotatable bonds is 4. The van der Waals surface area contributed by atoms with E-state index in [0.717, 1.165) is 24.1 Å². The normalized spacial score (nSPS) is 15.0. The van der Waals surface area contributed by atoms with E-state index in [0.29, 0.717) is 18.8 Å². The maximum absolute atomic E-state index is 12.8. The summed E-state index contributed by atoms with van der Waals surface area (Å²) in [6.07, 6.45) is 4.42. The summed E-state index contributed by atoms with van der Waals surface area (Å²) >= 11 is 0. The first-order chi connectivity index (χ1) is 13.1. The second-order valence-corrected chi connectivity index (χ2v) is 6.69. The van der Waals surface area contributed by atoms with Gasteiger partial charge in [-0.2, -0.15) is 5.10 Å². The third-order valence-electron chi connectivity index (χ3n) is 4.98. The van der Waals surface area contributed by atoms with Gasteiger partial charge in [0.05, 0.1) is 17.8 Å². The highest BCUT2D eigenvalue weighted by molar-refractivity contribution is 5.93. The van der Waals surface area contributed by atoms with E-state index in [1.165, 1.54) is 6.20 Å². The lowest BCUT2D eigenvalue weighted by Crippen LogP contribution is -2.39. The van der Waals surface area contributed by atoms with Crippen LogP contribution in [0.4, 0.5) is 0 Å². The van der Waals surface area contributed by atoms with Crippen LogP contribution in [0.1, 0.15) is 39.7 Å². The molecule has 0 atom stereocenters. The highest BCUT2D eigenvalue weighted by Gasteiger charge is 2.26. The fraction of sp³-hybridized carbons (Fsp3) is 0.250. The van der Waals surface area contributed by atoms with E-state index < -0.39 is 5.97 Å². The van der Waals surface area contributed by atoms with Crippen molar-refractivity contribution in [2.24, 2.45) is 0 Å². The van der Waals surface area contributed by atoms with Crippen molar-refractivity contribution in [2.75, 3.05) is 13.1 Å². The first kappa shape index (κ1) is 17.1. The van der Waals surface area contributed by atoms with E-state index in [9.17, 15) is 9.59 Å². The van der Waals surface area contributed by atoms with E-state index >= 15 is 0 Å². The summed E-state index contributed by atoms with van der Waals surface area (Å²) in [6, 6.07) is 13.8. The molecular weight excluding hydrogens is 344 g/mol. The monoisotopic (exact) mass is 364 g/mol. The molecule has 0 spiro atoms. The van der Waals surface area contributed by atoms with Crippen molar-refractivity contribution >= 4 is 11.9 Å². The molecule has 7 heteroatoms. The molecule has 1 amide bonds. The van der Waals surface area contributed by atoms with Gasteiger partial charge in [0, 0.05) is 25.0 Å². The van der Waals surface area contributed by atoms with Gasteiger partial charge in [-0.15, -0.1) is 0 Å². The number of carboxylic acid groups (broad SMARTS) is 1. The summed E-state index contributed by atoms with van der Waals surface area (Å²) in [5, 5.41) is 13.2. The number of hydrogen-bond donors (Lipinski definition) is 2. The van der Waals surface area contributed by atoms with Gasteiger partial charge in [0.1, 0.15) is 5.69 Å². The average Bonchev–Trinajstić information content (AvgIpc) is 3.38. The number of amides is 1. The van der Waals surface area contributed by atoms with Gasteiger partial charge >= 0.3 is 5.97 Å². The quantitative estimate of drug-likeness (QED) is 0.744. The molecule has 0 radical (unpaired) electrons. The molecule has 0 bridgehead atoms. The molecule has 3 aromatic rings. The van der Waals surface area contributed by atoms with Crippen molar-refractivity contribution < 1.29 is 14.7 Å². The molecule has 0 aliphatic carbocycles. The fourth-order valence-electron chi connectivity index (χ4n) is 3.46. The van der Waals surface area contributed by atoms with Crippen LogP contribution in [-0.4, -0.2) is 49.7 Å². The number of aromatic nitrogens is 3. The first-order valence-electron chi connectivity index (χ1n) is 8.93. The van der Waals surface area contributed by atoms with Crippen molar-refractivity contribution in [3.8, 4) is 11.3 Å². The standard InChI is InChI=1S/C20H20N4O3/c25-19(18-7-6-17(22-18)14-4-2-1-3-5-14)23-10-8-16(9-11-23)24-13-15(12-21-24)20(26)27/h1-7,12-13,16,22H,8-11H2,(H,26,27). The molecule has 1 fully saturated rings. The predicted molar refractivity (Wildman–Crippen MR) is 99.6 cm³/mol. The van der Waals surface area contributed by atoms with Crippen molar-refractivity contribution in [3.63, 3.8) is 0 Å². The third kappa shape index (κ3) is 3.48. The lowest BCUT2D eigenvalue weighted by atomic mass is 10.0. The largest absolute Gasteiger partial charge is 0.478 e. The Morgan fingerprint density at radius 3 is 2.48 bits per heavy atom. The lowest BCUT2D eigenvalue weighted by Gasteiger charge is -2.31. The van der Waals surface area contributed by atoms with Crippen molar-refractivity contribution in [2.45, 2.75) is 18.9 Å². The number of H-pyrrole nitrogens is 1. The Hall–Kier alpha value is -3.35. The Balaban J connectivity index is 1.40. The van der Waals surface area contributed by atoms with Crippen LogP contribution in [0.15, 0.2) is 54.9 Å². The van der Waals surface area contributed by atoms with Crippen LogP contribution in [0.25, 0.3) is 11.3 Å². The van der Waals surface area contributed by atoms with Gasteiger partial charge in [0.25, 0.3) is 5.91 Å². The molecule has 7 nitrogen and oxygen atoms in total. The van der Waals surface area contributed by atoms with Crippen LogP contribution in [-0.2, 0) is 0 Å². The van der Waals surface area contributed by atoms with Gasteiger partial charge in [-0.25, -0.2) is 4.79 Å². The van der Waals surface area contributed by atoms with Gasteiger partial charge in [-0.05, 0) is 30.5 Å². The summed E-state index contributed by atoms with van der Waals surface area (Å²) in [4.78, 5) is 28.8. The minimum atomic E-state index is -0.977. The van der Waals surface area contributed by atoms with Gasteiger partial charge in [-0.1, -0.05) is 30.3 Å². The summed E-state index contributed by atoms with van der Waals surface area (Å²) in [5.74, 6) is -0.989. The molecule has 0 unspecified atom stereocenters. The highest BCUT2D eigenvalue weighted by Crippen LogP contribution is 2.24. The van der Waals surface area contributed by atoms with Gasteiger partial charge in [0.15, 0.2) is 0 Å². The van der Waals surface area contributed by atoms with E-state index in [-0.39, 0.29) is 17.5 Å². The summed E-state index contributed by atoms with van der Waals surface area (Å²) in [7, 11) is 0. The van der Waals surface area contributed by atoms with Crippen LogP contribution in [0.3, 0.4) is 0 Å². The Labute approximate surface area is 156 Å². The first-order valence-corrected chi connectivity index (χ1v) is 8.93. The number of nitrogens with one attached hydrogen (secondary N) is 1. The van der Waals surface area contributed by atoms with Crippen LogP contribution in [0, 0.1) is 0 Å². The number of carbonyl (C=O) groups excluding carboxylic acids is 1. The minimum absolute atomic E-state index is 0.0117. The van der Waals surface area contributed by atoms with Crippen molar-refractivity contribution in [1.82, 2.24) is 19.7 Å². The maximum atomic E-state index is 12.8. The molecule has 0 saturated carbocycles. The molecule has 4 rings (SSSR count). The van der Waals surface area contributed by atoms with E-state index in [2.05, 4.69) is 10.1 Å². The number of piperidine rings is 1. The number of nitrogens with zero attached hydrogens (tertiary/aromatic N) is 3. The SMILES string of the molecule is O=C(O)c1cnn(C2CCN(C(=O)c3ccc(-c4ccccc4)[nH]3)CC2)c1. The highest BCUT2D eigenvalue weighted by atomic mass is 16.4. The summed E-state index contributed by atoms with van der Waals surface area (Å²) in [6.45, 7) is 1.23. The molecule has 2 N–H and O–H groups in total. The number of hydrogen-bond acceptors (Lipinski definition) is 3. The zero-order chi connectivity index (χ0) is 18.8. The van der Waals surface area contributed by atoms with Crippen LogP contribution in [0.2, 0.25) is 0 Å². The molecule has 1 aromatic carbocycles. The topological polar surface area (TPSA) is 91.2 Å². The molecule has 27 heavy (non-hydrogen) atoms. The van der Waals surface area contributed by atoms with Crippen LogP contribution >= 0.6 is 0 Å². The van der Waals surface area contributed by atoms with Crippen LogP contribution < -0.4 is 0 Å². The molecular formula is C20H20N4O3. The number of benzene rings is 1. The fourth-order valence-corrected chi connectivity index (χ4v) is 3.46. The Morgan fingerprint density at radius 1 is 1.07 bits per heavy atom. The summed E-state index contributed by atoms with van der Waals surface area (Å²) < 4.78 is 1.70. The minimum Gasteiger partial charge on any atom is -0.478 e. The second kappa shape index (κ2) is 7.11. The summed E-state index contributed by atoms with van der Waals surface area (Å²) in [5.41, 5.74) is 2.74. The smallest absolute Gasteiger partial charge is 0.338 e. The van der Waals surface area contributed by atoms with Gasteiger partial charge in [0.2, 0.25) is 0 Å². The lowest BCUT2D eigenvalue weighted by molar-refractivity contribution is 0.0683. The predicted octanol–water partition coefficient (Wildman–Crippen LogP) is 3.05. The molecule has 1 saturated heterocycles. The maximum Gasteiger partial charge on any atom is 0.338 e. The zero-order valence-electron chi connectivity index (χ0n) is 14.7. The molecule has 1 aliphatic rings. The number of aromatic carboxylic acids is 1. The zero-order valence-corrected chi connectivity index (χ0v) is 14.7. The van der Waals surface area contributed by atoms with Crippen molar-refractivity contribution in [1.29, 1.82) is 0 Å². The second-order valence-electron chi connectivity index (χ2n) is 6.69. The number of carboxylic acids is 1. The van der Waals surface area contributed by atoms with E-state index in [4.69, 9.17) is 5.11 Å². The Bertz CT molecular complexity index is 953. The number of carbonyl (C=O) groups is 2. The van der Waals surface area contributed by atoms with Crippen LogP contribution in [0.5, 0.6) is 0 Å². The van der Waals surface area contributed by atoms with E-state index in [1.807, 2.05) is 47.4 Å². The Kier molecular flexibility index (Phi) is 4.50. The number of aromatic amines is 1. The van der Waals surface area contributed by atoms with E-state index in [1.54, 1.807) is 10.9 Å². The van der Waals surface area contributed by atoms with Crippen molar-refractivity contribution in [3.05, 3.63) is 66.1 Å². The van der Waals surface area contributed by atoms with Gasteiger partial charge < -0.3 is 15.0 Å². The molecule has 138 valence electrons. The molecule has 3 heterocycles. The number of likely N-dealkylation sites (tertiary alicyclic amines) is 1.